The van der Waals surface area contributed by atoms with Crippen LogP contribution in [0.1, 0.15) is 0 Å². The van der Waals surface area contributed by atoms with E-state index in [0.29, 0.717) is 0 Å². The number of hydrogen-bond donors (Lipinski definition) is 0. The summed E-state index contributed by atoms with van der Waals surface area (Å²) in [5, 5.41) is 7.93. The van der Waals surface area contributed by atoms with Gasteiger partial charge in [-0.3, -0.25) is 0 Å². The highest BCUT2D eigenvalue weighted by atomic mass is 31.2. The van der Waals surface area contributed by atoms with Crippen LogP contribution in [0.15, 0.2) is 150 Å². The van der Waals surface area contributed by atoms with Crippen molar-refractivity contribution in [1.82, 2.24) is 4.98 Å². The van der Waals surface area contributed by atoms with Gasteiger partial charge in [-0.15, -0.1) is 0 Å². The highest BCUT2D eigenvalue weighted by Gasteiger charge is 2.29. The number of furan rings is 1. The second-order valence-corrected chi connectivity index (χ2v) is 13.0. The Morgan fingerprint density at radius 3 is 1.76 bits per heavy atom. The lowest BCUT2D eigenvalue weighted by atomic mass is 9.96. The van der Waals surface area contributed by atoms with Crippen molar-refractivity contribution in [3.05, 3.63) is 146 Å². The molecule has 0 spiro atoms. The SMILES string of the molecule is O=P(c1ccccc1)(c1ccccc1)c1ccc(-c2nc3ccccc3c3c2ccc2oc4ccccc4c23)cc1. The van der Waals surface area contributed by atoms with Gasteiger partial charge in [0.2, 0.25) is 0 Å². The van der Waals surface area contributed by atoms with E-state index in [0.717, 1.165) is 70.8 Å². The lowest BCUT2D eigenvalue weighted by Gasteiger charge is -2.20. The van der Waals surface area contributed by atoms with Gasteiger partial charge in [0.25, 0.3) is 0 Å². The minimum Gasteiger partial charge on any atom is -0.456 e. The Labute approximate surface area is 237 Å². The van der Waals surface area contributed by atoms with Gasteiger partial charge in [-0.25, -0.2) is 4.98 Å². The van der Waals surface area contributed by atoms with Crippen molar-refractivity contribution < 1.29 is 8.98 Å². The summed E-state index contributed by atoms with van der Waals surface area (Å²) >= 11 is 0. The smallest absolute Gasteiger partial charge is 0.171 e. The Bertz CT molecular complexity index is 2230. The van der Waals surface area contributed by atoms with Crippen LogP contribution < -0.4 is 15.9 Å². The molecule has 0 N–H and O–H groups in total. The average Bonchev–Trinajstić information content (AvgIpc) is 3.44. The van der Waals surface area contributed by atoms with Gasteiger partial charge in [0.05, 0.1) is 11.2 Å². The van der Waals surface area contributed by atoms with E-state index in [-0.39, 0.29) is 0 Å². The third-order valence-corrected chi connectivity index (χ3v) is 11.0. The maximum atomic E-state index is 14.9. The molecule has 0 atom stereocenters. The molecule has 2 heterocycles. The van der Waals surface area contributed by atoms with Gasteiger partial charge >= 0.3 is 0 Å². The zero-order valence-electron chi connectivity index (χ0n) is 22.1. The van der Waals surface area contributed by atoms with Crippen molar-refractivity contribution in [3.63, 3.8) is 0 Å². The van der Waals surface area contributed by atoms with Gasteiger partial charge in [-0.2, -0.15) is 0 Å². The first-order valence-corrected chi connectivity index (χ1v) is 15.4. The van der Waals surface area contributed by atoms with Crippen molar-refractivity contribution in [1.29, 1.82) is 0 Å². The van der Waals surface area contributed by atoms with Crippen LogP contribution in [0.5, 0.6) is 0 Å². The number of nitrogens with zero attached hydrogens (tertiary/aromatic N) is 1. The van der Waals surface area contributed by atoms with Crippen molar-refractivity contribution in [3.8, 4) is 11.3 Å². The van der Waals surface area contributed by atoms with E-state index < -0.39 is 7.14 Å². The predicted molar refractivity (Wildman–Crippen MR) is 171 cm³/mol. The third-order valence-electron chi connectivity index (χ3n) is 7.95. The molecule has 0 saturated heterocycles. The normalized spacial score (nSPS) is 12.0. The monoisotopic (exact) mass is 545 g/mol. The van der Waals surface area contributed by atoms with Crippen molar-refractivity contribution in [2.75, 3.05) is 0 Å². The molecule has 2 aromatic heterocycles. The number of rotatable bonds is 4. The van der Waals surface area contributed by atoms with Gasteiger partial charge in [0.15, 0.2) is 7.14 Å². The minimum absolute atomic E-state index is 0.798. The van der Waals surface area contributed by atoms with Crippen molar-refractivity contribution in [2.24, 2.45) is 0 Å². The first-order chi connectivity index (χ1) is 20.2. The van der Waals surface area contributed by atoms with E-state index in [9.17, 15) is 4.57 Å². The number of pyridine rings is 1. The summed E-state index contributed by atoms with van der Waals surface area (Å²) < 4.78 is 21.1. The van der Waals surface area contributed by atoms with Gasteiger partial charge < -0.3 is 8.98 Å². The molecule has 8 aromatic rings. The largest absolute Gasteiger partial charge is 0.456 e. The summed E-state index contributed by atoms with van der Waals surface area (Å²) in [6.07, 6.45) is 0. The lowest BCUT2D eigenvalue weighted by molar-refractivity contribution is 0.592. The number of aromatic nitrogens is 1. The Morgan fingerprint density at radius 1 is 0.463 bits per heavy atom. The van der Waals surface area contributed by atoms with Gasteiger partial charge in [-0.1, -0.05) is 121 Å². The number of benzene rings is 6. The molecule has 0 unspecified atom stereocenters. The standard InChI is InChI=1S/C37H24NO2P/c39-41(26-11-3-1-4-12-26,27-13-5-2-6-14-27)28-21-19-25(20-22-28)37-31-23-24-34-36(30-16-8-10-18-33(30)40-34)35(31)29-15-7-9-17-32(29)38-37/h1-24H. The quantitative estimate of drug-likeness (QED) is 0.164. The Hall–Kier alpha value is -4.98. The molecule has 0 saturated carbocycles. The zero-order valence-corrected chi connectivity index (χ0v) is 23.0. The molecular formula is C37H24NO2P. The van der Waals surface area contributed by atoms with Crippen LogP contribution >= 0.6 is 7.14 Å². The topological polar surface area (TPSA) is 43.1 Å². The van der Waals surface area contributed by atoms with Crippen LogP contribution in [0, 0.1) is 0 Å². The zero-order chi connectivity index (χ0) is 27.4. The van der Waals surface area contributed by atoms with Crippen LogP contribution in [-0.2, 0) is 4.57 Å². The molecule has 194 valence electrons. The van der Waals surface area contributed by atoms with Crippen molar-refractivity contribution in [2.45, 2.75) is 0 Å². The summed E-state index contributed by atoms with van der Waals surface area (Å²) in [5.74, 6) is 0. The summed E-state index contributed by atoms with van der Waals surface area (Å²) in [5.41, 5.74) is 4.54. The van der Waals surface area contributed by atoms with E-state index in [4.69, 9.17) is 9.40 Å². The third kappa shape index (κ3) is 3.67. The van der Waals surface area contributed by atoms with E-state index in [1.165, 1.54) is 0 Å². The van der Waals surface area contributed by atoms with Crippen LogP contribution in [0.4, 0.5) is 0 Å². The van der Waals surface area contributed by atoms with Gasteiger partial charge in [-0.05, 0) is 24.3 Å². The molecule has 4 heteroatoms. The Kier molecular flexibility index (Phi) is 5.41. The molecule has 0 radical (unpaired) electrons. The molecule has 41 heavy (non-hydrogen) atoms. The fourth-order valence-electron chi connectivity index (χ4n) is 6.03. The molecule has 3 nitrogen and oxygen atoms in total. The molecule has 0 aliphatic carbocycles. The summed E-state index contributed by atoms with van der Waals surface area (Å²) in [6, 6.07) is 48.3. The molecule has 8 rings (SSSR count). The molecule has 0 aliphatic heterocycles. The van der Waals surface area contributed by atoms with Crippen LogP contribution in [0.3, 0.4) is 0 Å². The first-order valence-electron chi connectivity index (χ1n) is 13.7. The maximum Gasteiger partial charge on any atom is 0.171 e. The maximum absolute atomic E-state index is 14.9. The summed E-state index contributed by atoms with van der Waals surface area (Å²) in [7, 11) is -3.06. The number of hydrogen-bond acceptors (Lipinski definition) is 3. The van der Waals surface area contributed by atoms with Crippen LogP contribution in [0.2, 0.25) is 0 Å². The first kappa shape index (κ1) is 23.9. The number of para-hydroxylation sites is 2. The van der Waals surface area contributed by atoms with Gasteiger partial charge in [0, 0.05) is 48.4 Å². The van der Waals surface area contributed by atoms with E-state index in [1.54, 1.807) is 0 Å². The molecule has 0 fully saturated rings. The summed E-state index contributed by atoms with van der Waals surface area (Å²) in [4.78, 5) is 5.15. The number of fused-ring (bicyclic) bond motifs is 7. The molecular weight excluding hydrogens is 521 g/mol. The van der Waals surface area contributed by atoms with Crippen LogP contribution in [0.25, 0.3) is 54.9 Å². The second-order valence-electron chi connectivity index (χ2n) is 10.3. The van der Waals surface area contributed by atoms with E-state index in [1.807, 2.05) is 97.1 Å². The molecule has 0 aliphatic rings. The second kappa shape index (κ2) is 9.30. The van der Waals surface area contributed by atoms with Crippen molar-refractivity contribution >= 4 is 66.7 Å². The fraction of sp³-hybridized carbons (Fsp3) is 0. The fourth-order valence-corrected chi connectivity index (χ4v) is 8.68. The highest BCUT2D eigenvalue weighted by Crippen LogP contribution is 2.44. The minimum atomic E-state index is -3.06. The Morgan fingerprint density at radius 2 is 1.05 bits per heavy atom. The molecule has 6 aromatic carbocycles. The molecule has 0 amide bonds. The molecule has 0 bridgehead atoms. The van der Waals surface area contributed by atoms with E-state index in [2.05, 4.69) is 48.5 Å². The van der Waals surface area contributed by atoms with Crippen LogP contribution in [-0.4, -0.2) is 4.98 Å². The lowest BCUT2D eigenvalue weighted by Crippen LogP contribution is -2.24. The van der Waals surface area contributed by atoms with E-state index >= 15 is 0 Å². The highest BCUT2D eigenvalue weighted by molar-refractivity contribution is 7.85. The average molecular weight is 546 g/mol. The predicted octanol–water partition coefficient (Wildman–Crippen LogP) is 8.59. The van der Waals surface area contributed by atoms with Gasteiger partial charge in [0.1, 0.15) is 11.2 Å². The Balaban J connectivity index is 1.37. The summed E-state index contributed by atoms with van der Waals surface area (Å²) in [6.45, 7) is 0.